The van der Waals surface area contributed by atoms with Crippen LogP contribution in [-0.4, -0.2) is 9.55 Å². The molecule has 3 heteroatoms. The van der Waals surface area contributed by atoms with Crippen LogP contribution in [0.2, 0.25) is 0 Å². The van der Waals surface area contributed by atoms with Gasteiger partial charge in [0.15, 0.2) is 0 Å². The monoisotopic (exact) mass is 229 g/mol. The van der Waals surface area contributed by atoms with Gasteiger partial charge >= 0.3 is 0 Å². The lowest BCUT2D eigenvalue weighted by molar-refractivity contribution is 0.470. The number of imidazole rings is 1. The van der Waals surface area contributed by atoms with Gasteiger partial charge in [-0.3, -0.25) is 0 Å². The predicted octanol–water partition coefficient (Wildman–Crippen LogP) is 3.03. The number of hydrogen-bond donors (Lipinski definition) is 1. The number of benzene rings is 1. The van der Waals surface area contributed by atoms with Crippen molar-refractivity contribution in [2.45, 2.75) is 38.8 Å². The standard InChI is InChI=1S/C14H19N3/c1-9(2)13(15)14-16-11-5-3-4-6-12(11)17(14)10-7-8-10/h3-6,9-10,13H,7-8,15H2,1-2H3. The second-order valence-corrected chi connectivity index (χ2v) is 5.33. The third kappa shape index (κ3) is 1.75. The number of fused-ring (bicyclic) bond motifs is 1. The number of nitrogens with two attached hydrogens (primary N) is 1. The highest BCUT2D eigenvalue weighted by molar-refractivity contribution is 5.76. The Labute approximate surface area is 102 Å². The van der Waals surface area contributed by atoms with Crippen LogP contribution in [0, 0.1) is 5.92 Å². The number of nitrogens with zero attached hydrogens (tertiary/aromatic N) is 2. The fourth-order valence-electron chi connectivity index (χ4n) is 2.31. The van der Waals surface area contributed by atoms with Crippen molar-refractivity contribution >= 4 is 11.0 Å². The van der Waals surface area contributed by atoms with E-state index in [0.29, 0.717) is 12.0 Å². The molecule has 1 atom stereocenters. The fourth-order valence-corrected chi connectivity index (χ4v) is 2.31. The molecule has 1 aliphatic rings. The van der Waals surface area contributed by atoms with E-state index >= 15 is 0 Å². The molecule has 1 aliphatic carbocycles. The molecule has 1 unspecified atom stereocenters. The molecule has 0 saturated heterocycles. The van der Waals surface area contributed by atoms with Gasteiger partial charge in [0.2, 0.25) is 0 Å². The van der Waals surface area contributed by atoms with Crippen LogP contribution in [0.1, 0.15) is 44.6 Å². The first kappa shape index (κ1) is 10.8. The third-order valence-corrected chi connectivity index (χ3v) is 3.55. The Kier molecular flexibility index (Phi) is 2.44. The summed E-state index contributed by atoms with van der Waals surface area (Å²) in [6.07, 6.45) is 2.52. The highest BCUT2D eigenvalue weighted by Crippen LogP contribution is 2.40. The molecule has 17 heavy (non-hydrogen) atoms. The average molecular weight is 229 g/mol. The van der Waals surface area contributed by atoms with E-state index in [1.807, 2.05) is 6.07 Å². The molecule has 3 rings (SSSR count). The fraction of sp³-hybridized carbons (Fsp3) is 0.500. The Hall–Kier alpha value is -1.35. The predicted molar refractivity (Wildman–Crippen MR) is 69.8 cm³/mol. The Bertz CT molecular complexity index is 537. The van der Waals surface area contributed by atoms with Crippen molar-refractivity contribution in [3.8, 4) is 0 Å². The minimum Gasteiger partial charge on any atom is -0.324 e. The van der Waals surface area contributed by atoms with E-state index in [1.54, 1.807) is 0 Å². The number of aromatic nitrogens is 2. The van der Waals surface area contributed by atoms with Crippen LogP contribution in [0.15, 0.2) is 24.3 Å². The maximum Gasteiger partial charge on any atom is 0.127 e. The van der Waals surface area contributed by atoms with Gasteiger partial charge in [-0.1, -0.05) is 26.0 Å². The van der Waals surface area contributed by atoms with Crippen LogP contribution in [0.5, 0.6) is 0 Å². The zero-order chi connectivity index (χ0) is 12.0. The average Bonchev–Trinajstić information content (AvgIpc) is 3.08. The number of hydrogen-bond acceptors (Lipinski definition) is 2. The van der Waals surface area contributed by atoms with Gasteiger partial charge in [0.05, 0.1) is 17.1 Å². The summed E-state index contributed by atoms with van der Waals surface area (Å²) in [5.41, 5.74) is 8.60. The van der Waals surface area contributed by atoms with E-state index in [4.69, 9.17) is 10.7 Å². The molecule has 0 bridgehead atoms. The van der Waals surface area contributed by atoms with Gasteiger partial charge in [-0.25, -0.2) is 4.98 Å². The first-order valence-corrected chi connectivity index (χ1v) is 6.41. The van der Waals surface area contributed by atoms with Crippen LogP contribution >= 0.6 is 0 Å². The molecule has 2 aromatic rings. The lowest BCUT2D eigenvalue weighted by Gasteiger charge is -2.17. The molecule has 1 fully saturated rings. The second kappa shape index (κ2) is 3.84. The molecule has 1 aromatic heterocycles. The molecule has 0 amide bonds. The molecule has 0 spiro atoms. The topological polar surface area (TPSA) is 43.8 Å². The van der Waals surface area contributed by atoms with E-state index in [0.717, 1.165) is 11.3 Å². The second-order valence-electron chi connectivity index (χ2n) is 5.33. The molecular formula is C14H19N3. The minimum atomic E-state index is 0.0306. The SMILES string of the molecule is CC(C)C(N)c1nc2ccccc2n1C1CC1. The summed E-state index contributed by atoms with van der Waals surface area (Å²) in [5.74, 6) is 1.48. The molecule has 1 saturated carbocycles. The maximum absolute atomic E-state index is 6.28. The van der Waals surface area contributed by atoms with Gasteiger partial charge in [0.1, 0.15) is 5.82 Å². The van der Waals surface area contributed by atoms with Gasteiger partial charge in [-0.2, -0.15) is 0 Å². The molecule has 1 aromatic carbocycles. The lowest BCUT2D eigenvalue weighted by atomic mass is 10.1. The molecule has 0 radical (unpaired) electrons. The Morgan fingerprint density at radius 1 is 1.29 bits per heavy atom. The van der Waals surface area contributed by atoms with Crippen molar-refractivity contribution in [2.24, 2.45) is 11.7 Å². The van der Waals surface area contributed by atoms with E-state index in [-0.39, 0.29) is 6.04 Å². The van der Waals surface area contributed by atoms with Crippen molar-refractivity contribution in [3.05, 3.63) is 30.1 Å². The van der Waals surface area contributed by atoms with Crippen LogP contribution in [-0.2, 0) is 0 Å². The van der Waals surface area contributed by atoms with Crippen molar-refractivity contribution in [1.29, 1.82) is 0 Å². The maximum atomic E-state index is 6.28. The summed E-state index contributed by atoms with van der Waals surface area (Å²) in [7, 11) is 0. The van der Waals surface area contributed by atoms with Crippen LogP contribution in [0.4, 0.5) is 0 Å². The van der Waals surface area contributed by atoms with Gasteiger partial charge in [0.25, 0.3) is 0 Å². The zero-order valence-corrected chi connectivity index (χ0v) is 10.4. The molecular weight excluding hydrogens is 210 g/mol. The summed E-state index contributed by atoms with van der Waals surface area (Å²) >= 11 is 0. The largest absolute Gasteiger partial charge is 0.324 e. The Morgan fingerprint density at radius 2 is 2.00 bits per heavy atom. The lowest BCUT2D eigenvalue weighted by Crippen LogP contribution is -2.21. The summed E-state index contributed by atoms with van der Waals surface area (Å²) in [4.78, 5) is 4.73. The minimum absolute atomic E-state index is 0.0306. The Morgan fingerprint density at radius 3 is 2.65 bits per heavy atom. The zero-order valence-electron chi connectivity index (χ0n) is 10.4. The molecule has 1 heterocycles. The number of rotatable bonds is 3. The molecule has 90 valence electrons. The van der Waals surface area contributed by atoms with Gasteiger partial charge in [-0.15, -0.1) is 0 Å². The molecule has 3 nitrogen and oxygen atoms in total. The summed E-state index contributed by atoms with van der Waals surface area (Å²) in [6.45, 7) is 4.31. The first-order valence-electron chi connectivity index (χ1n) is 6.41. The van der Waals surface area contributed by atoms with E-state index < -0.39 is 0 Å². The summed E-state index contributed by atoms with van der Waals surface area (Å²) in [5, 5.41) is 0. The quantitative estimate of drug-likeness (QED) is 0.879. The van der Waals surface area contributed by atoms with Crippen LogP contribution in [0.3, 0.4) is 0 Å². The highest BCUT2D eigenvalue weighted by atomic mass is 15.1. The van der Waals surface area contributed by atoms with E-state index in [2.05, 4.69) is 36.6 Å². The first-order chi connectivity index (χ1) is 8.18. The van der Waals surface area contributed by atoms with Gasteiger partial charge in [0, 0.05) is 6.04 Å². The highest BCUT2D eigenvalue weighted by Gasteiger charge is 2.30. The molecule has 0 aliphatic heterocycles. The third-order valence-electron chi connectivity index (χ3n) is 3.55. The smallest absolute Gasteiger partial charge is 0.127 e. The van der Waals surface area contributed by atoms with Crippen molar-refractivity contribution < 1.29 is 0 Å². The van der Waals surface area contributed by atoms with Crippen molar-refractivity contribution in [1.82, 2.24) is 9.55 Å². The van der Waals surface area contributed by atoms with Gasteiger partial charge < -0.3 is 10.3 Å². The normalized spacial score (nSPS) is 17.9. The summed E-state index contributed by atoms with van der Waals surface area (Å²) < 4.78 is 2.36. The van der Waals surface area contributed by atoms with Crippen molar-refractivity contribution in [2.75, 3.05) is 0 Å². The summed E-state index contributed by atoms with van der Waals surface area (Å²) in [6, 6.07) is 9.00. The van der Waals surface area contributed by atoms with E-state index in [9.17, 15) is 0 Å². The van der Waals surface area contributed by atoms with Crippen molar-refractivity contribution in [3.63, 3.8) is 0 Å². The van der Waals surface area contributed by atoms with Gasteiger partial charge in [-0.05, 0) is 30.9 Å². The van der Waals surface area contributed by atoms with Crippen LogP contribution in [0.25, 0.3) is 11.0 Å². The van der Waals surface area contributed by atoms with E-state index in [1.165, 1.54) is 18.4 Å². The Balaban J connectivity index is 2.19. The van der Waals surface area contributed by atoms with Crippen LogP contribution < -0.4 is 5.73 Å². The number of para-hydroxylation sites is 2. The molecule has 2 N–H and O–H groups in total.